The fourth-order valence-electron chi connectivity index (χ4n) is 2.88. The smallest absolute Gasteiger partial charge is 0.292 e. The second-order valence-corrected chi connectivity index (χ2v) is 7.58. The number of fused-ring (bicyclic) bond motifs is 1. The van der Waals surface area contributed by atoms with Crippen molar-refractivity contribution in [3.63, 3.8) is 0 Å². The van der Waals surface area contributed by atoms with E-state index in [-0.39, 0.29) is 45.6 Å². The van der Waals surface area contributed by atoms with Gasteiger partial charge in [-0.15, -0.1) is 11.3 Å². The van der Waals surface area contributed by atoms with Crippen LogP contribution in [-0.4, -0.2) is 15.2 Å². The zero-order valence-electron chi connectivity index (χ0n) is 14.4. The topological polar surface area (TPSA) is 51.4 Å². The van der Waals surface area contributed by atoms with Crippen molar-refractivity contribution in [2.75, 3.05) is 0 Å². The normalized spacial score (nSPS) is 11.9. The Balaban J connectivity index is 2.12. The third-order valence-corrected chi connectivity index (χ3v) is 5.26. The van der Waals surface area contributed by atoms with Gasteiger partial charge in [0.05, 0.1) is 11.3 Å². The van der Waals surface area contributed by atoms with E-state index in [1.807, 2.05) is 0 Å². The molecule has 0 aliphatic heterocycles. The average molecular weight is 415 g/mol. The van der Waals surface area contributed by atoms with Gasteiger partial charge in [0.2, 0.25) is 0 Å². The highest BCUT2D eigenvalue weighted by Crippen LogP contribution is 2.34. The number of aromatic nitrogens is 2. The molecule has 0 spiro atoms. The molecule has 0 amide bonds. The Kier molecular flexibility index (Phi) is 5.14. The maximum Gasteiger partial charge on any atom is 0.416 e. The highest BCUT2D eigenvalue weighted by molar-refractivity contribution is 7.17. The third kappa shape index (κ3) is 3.77. The molecule has 0 unspecified atom stereocenters. The molecule has 0 aliphatic rings. The van der Waals surface area contributed by atoms with E-state index >= 15 is 0 Å². The fourth-order valence-corrected chi connectivity index (χ4v) is 4.09. The number of hydrogen-bond donors (Lipinski definition) is 0. The molecule has 1 aromatic carbocycles. The van der Waals surface area contributed by atoms with Gasteiger partial charge in [0, 0.05) is 28.8 Å². The van der Waals surface area contributed by atoms with E-state index in [0.29, 0.717) is 4.88 Å². The molecule has 142 valence electrons. The summed E-state index contributed by atoms with van der Waals surface area (Å²) in [5.41, 5.74) is -0.918. The average Bonchev–Trinajstić information content (AvgIpc) is 2.89. The summed E-state index contributed by atoms with van der Waals surface area (Å²) in [4.78, 5) is 29.9. The number of aryl methyl sites for hydroxylation is 1. The maximum atomic E-state index is 13.2. The molecule has 0 saturated carbocycles. The van der Waals surface area contributed by atoms with Crippen LogP contribution in [0, 0.1) is 6.92 Å². The number of thiazole rings is 1. The zero-order chi connectivity index (χ0) is 19.9. The minimum absolute atomic E-state index is 0.0654. The first-order valence-corrected chi connectivity index (χ1v) is 9.22. The predicted molar refractivity (Wildman–Crippen MR) is 98.0 cm³/mol. The molecule has 2 heterocycles. The van der Waals surface area contributed by atoms with Crippen molar-refractivity contribution in [3.8, 4) is 0 Å². The van der Waals surface area contributed by atoms with Crippen molar-refractivity contribution >= 4 is 33.7 Å². The lowest BCUT2D eigenvalue weighted by Gasteiger charge is -2.13. The van der Waals surface area contributed by atoms with Gasteiger partial charge in [0.25, 0.3) is 5.56 Å². The van der Waals surface area contributed by atoms with E-state index in [0.717, 1.165) is 23.5 Å². The lowest BCUT2D eigenvalue weighted by molar-refractivity contribution is -0.138. The van der Waals surface area contributed by atoms with Gasteiger partial charge in [0.1, 0.15) is 5.69 Å². The van der Waals surface area contributed by atoms with Crippen LogP contribution in [0.5, 0.6) is 0 Å². The molecule has 0 aliphatic carbocycles. The first-order chi connectivity index (χ1) is 12.6. The van der Waals surface area contributed by atoms with E-state index in [1.165, 1.54) is 16.5 Å². The van der Waals surface area contributed by atoms with Crippen molar-refractivity contribution in [3.05, 3.63) is 67.0 Å². The van der Waals surface area contributed by atoms with Crippen LogP contribution in [0.1, 0.15) is 45.5 Å². The van der Waals surface area contributed by atoms with Crippen LogP contribution in [0.25, 0.3) is 4.96 Å². The van der Waals surface area contributed by atoms with Crippen molar-refractivity contribution in [2.45, 2.75) is 32.9 Å². The molecule has 0 fully saturated rings. The van der Waals surface area contributed by atoms with Gasteiger partial charge < -0.3 is 0 Å². The summed E-state index contributed by atoms with van der Waals surface area (Å²) < 4.78 is 40.9. The van der Waals surface area contributed by atoms with Gasteiger partial charge in [-0.25, -0.2) is 9.38 Å². The molecule has 27 heavy (non-hydrogen) atoms. The number of benzene rings is 1. The summed E-state index contributed by atoms with van der Waals surface area (Å²) in [6.07, 6.45) is -4.51. The van der Waals surface area contributed by atoms with E-state index in [4.69, 9.17) is 11.6 Å². The molecule has 0 N–H and O–H groups in total. The highest BCUT2D eigenvalue weighted by atomic mass is 35.5. The molecule has 0 bridgehead atoms. The van der Waals surface area contributed by atoms with E-state index in [1.54, 1.807) is 13.8 Å². The van der Waals surface area contributed by atoms with Crippen LogP contribution in [0.2, 0.25) is 5.02 Å². The van der Waals surface area contributed by atoms with Gasteiger partial charge in [-0.3, -0.25) is 9.59 Å². The van der Waals surface area contributed by atoms with Gasteiger partial charge in [0.15, 0.2) is 10.7 Å². The van der Waals surface area contributed by atoms with E-state index in [9.17, 15) is 22.8 Å². The van der Waals surface area contributed by atoms with E-state index in [2.05, 4.69) is 4.98 Å². The molecular formula is C18H14ClF3N2O2S. The molecule has 0 atom stereocenters. The van der Waals surface area contributed by atoms with Gasteiger partial charge in [-0.05, 0) is 30.7 Å². The second kappa shape index (κ2) is 7.09. The van der Waals surface area contributed by atoms with E-state index < -0.39 is 17.3 Å². The Morgan fingerprint density at radius 1 is 1.30 bits per heavy atom. The number of carbonyl (C=O) groups excluding carboxylic acids is 1. The molecule has 0 saturated heterocycles. The monoisotopic (exact) mass is 414 g/mol. The summed E-state index contributed by atoms with van der Waals surface area (Å²) >= 11 is 7.00. The van der Waals surface area contributed by atoms with Crippen LogP contribution in [0.15, 0.2) is 29.1 Å². The van der Waals surface area contributed by atoms with Crippen molar-refractivity contribution in [1.82, 2.24) is 9.38 Å². The molecule has 9 heteroatoms. The predicted octanol–water partition coefficient (Wildman–Crippen LogP) is 4.92. The zero-order valence-corrected chi connectivity index (χ0v) is 15.9. The highest BCUT2D eigenvalue weighted by Gasteiger charge is 2.33. The fraction of sp³-hybridized carbons (Fsp3) is 0.278. The Morgan fingerprint density at radius 3 is 2.63 bits per heavy atom. The molecule has 3 aromatic rings. The number of Topliss-reactive ketones (excluding diaryl/α,β-unsaturated/α-hetero) is 1. The largest absolute Gasteiger partial charge is 0.416 e. The number of hydrogen-bond acceptors (Lipinski definition) is 4. The molecule has 4 nitrogen and oxygen atoms in total. The maximum absolute atomic E-state index is 13.2. The summed E-state index contributed by atoms with van der Waals surface area (Å²) in [5, 5.41) is 0.165. The number of halogens is 4. The number of ketones is 1. The Morgan fingerprint density at radius 2 is 2.00 bits per heavy atom. The molecule has 0 radical (unpaired) electrons. The van der Waals surface area contributed by atoms with Crippen LogP contribution in [0.4, 0.5) is 13.2 Å². The minimum Gasteiger partial charge on any atom is -0.292 e. The number of alkyl halides is 3. The molecule has 2 aromatic heterocycles. The van der Waals surface area contributed by atoms with Crippen molar-refractivity contribution in [1.29, 1.82) is 0 Å². The standard InChI is InChI=1S/C18H14ClF3N2O2S/c1-3-14(25)16-9(2)27-17-23-12(8-15(26)24(16)17)7-10-6-11(19)4-5-13(10)18(20,21)22/h4-6,8H,3,7H2,1-2H3. The first kappa shape index (κ1) is 19.6. The summed E-state index contributed by atoms with van der Waals surface area (Å²) in [6.45, 7) is 3.40. The SMILES string of the molecule is CCC(=O)c1c(C)sc2nc(Cc3cc(Cl)ccc3C(F)(F)F)cc(=O)n12. The number of nitrogens with zero attached hydrogens (tertiary/aromatic N) is 2. The van der Waals surface area contributed by atoms with Crippen LogP contribution in [0.3, 0.4) is 0 Å². The summed E-state index contributed by atoms with van der Waals surface area (Å²) in [6, 6.07) is 4.47. The lowest BCUT2D eigenvalue weighted by Crippen LogP contribution is -2.19. The Hall–Kier alpha value is -2.19. The van der Waals surface area contributed by atoms with Crippen LogP contribution >= 0.6 is 22.9 Å². The quantitative estimate of drug-likeness (QED) is 0.569. The lowest BCUT2D eigenvalue weighted by atomic mass is 10.0. The van der Waals surface area contributed by atoms with Gasteiger partial charge >= 0.3 is 6.18 Å². The van der Waals surface area contributed by atoms with Crippen molar-refractivity contribution in [2.24, 2.45) is 0 Å². The minimum atomic E-state index is -4.54. The van der Waals surface area contributed by atoms with Crippen molar-refractivity contribution < 1.29 is 18.0 Å². The van der Waals surface area contributed by atoms with Crippen LogP contribution in [-0.2, 0) is 12.6 Å². The summed E-state index contributed by atoms with van der Waals surface area (Å²) in [5.74, 6) is -0.190. The van der Waals surface area contributed by atoms with Gasteiger partial charge in [-0.1, -0.05) is 18.5 Å². The Labute approximate surface area is 161 Å². The Bertz CT molecular complexity index is 1100. The molecular weight excluding hydrogens is 401 g/mol. The first-order valence-electron chi connectivity index (χ1n) is 8.02. The number of rotatable bonds is 4. The van der Waals surface area contributed by atoms with Gasteiger partial charge in [-0.2, -0.15) is 13.2 Å². The molecule has 3 rings (SSSR count). The summed E-state index contributed by atoms with van der Waals surface area (Å²) in [7, 11) is 0. The second-order valence-electron chi connectivity index (χ2n) is 5.96. The van der Waals surface area contributed by atoms with Crippen LogP contribution < -0.4 is 5.56 Å². The number of carbonyl (C=O) groups is 1. The third-order valence-electron chi connectivity index (χ3n) is 4.07.